The molecule has 0 aromatic carbocycles. The van der Waals surface area contributed by atoms with Crippen LogP contribution in [-0.4, -0.2) is 17.5 Å². The van der Waals surface area contributed by atoms with Crippen molar-refractivity contribution in [3.05, 3.63) is 32.6 Å². The average Bonchev–Trinajstić information content (AvgIpc) is 1.78. The summed E-state index contributed by atoms with van der Waals surface area (Å²) in [6.07, 6.45) is 0. The fraction of sp³-hybridized carbons (Fsp3) is 0.500. The Bertz CT molecular complexity index is 425. The fourth-order valence-electron chi connectivity index (χ4n) is 1.45. The summed E-state index contributed by atoms with van der Waals surface area (Å²) >= 11 is 0. The van der Waals surface area contributed by atoms with Crippen LogP contribution in [0.3, 0.4) is 0 Å². The molecular formula is C8H14N2O2Si. The van der Waals surface area contributed by atoms with E-state index in [0.717, 1.165) is 5.69 Å². The van der Waals surface area contributed by atoms with Crippen LogP contribution in [0.2, 0.25) is 19.6 Å². The highest BCUT2D eigenvalue weighted by atomic mass is 28.3. The number of nitrogens with zero attached hydrogens (tertiary/aromatic N) is 1. The maximum atomic E-state index is 11.4. The minimum Gasteiger partial charge on any atom is -0.327 e. The van der Waals surface area contributed by atoms with Crippen LogP contribution in [0, 0.1) is 6.92 Å². The van der Waals surface area contributed by atoms with Crippen molar-refractivity contribution in [1.82, 2.24) is 9.22 Å². The summed E-state index contributed by atoms with van der Waals surface area (Å²) < 4.78 is 1.70. The second-order valence-corrected chi connectivity index (χ2v) is 8.88. The van der Waals surface area contributed by atoms with Gasteiger partial charge in [-0.05, 0) is 6.92 Å². The van der Waals surface area contributed by atoms with E-state index in [1.165, 1.54) is 6.07 Å². The molecule has 0 radical (unpaired) electrons. The fourth-order valence-corrected chi connectivity index (χ4v) is 3.23. The summed E-state index contributed by atoms with van der Waals surface area (Å²) in [7, 11) is -1.71. The molecule has 5 heteroatoms. The SMILES string of the molecule is Cc1cc(=O)[nH]c(=O)n1[Si](C)(C)C. The lowest BCUT2D eigenvalue weighted by Crippen LogP contribution is -2.45. The van der Waals surface area contributed by atoms with E-state index in [1.54, 1.807) is 11.2 Å². The van der Waals surface area contributed by atoms with Gasteiger partial charge in [0.05, 0.1) is 0 Å². The first kappa shape index (κ1) is 9.98. The van der Waals surface area contributed by atoms with Crippen LogP contribution in [0.4, 0.5) is 0 Å². The Balaban J connectivity index is 3.57. The molecule has 0 unspecified atom stereocenters. The van der Waals surface area contributed by atoms with E-state index < -0.39 is 8.24 Å². The number of aryl methyl sites for hydroxylation is 1. The molecule has 1 N–H and O–H groups in total. The summed E-state index contributed by atoms with van der Waals surface area (Å²) in [6, 6.07) is 1.46. The molecule has 1 aromatic heterocycles. The van der Waals surface area contributed by atoms with E-state index in [0.29, 0.717) is 0 Å². The van der Waals surface area contributed by atoms with Gasteiger partial charge >= 0.3 is 5.69 Å². The van der Waals surface area contributed by atoms with Crippen LogP contribution < -0.4 is 11.2 Å². The van der Waals surface area contributed by atoms with Crippen molar-refractivity contribution in [2.75, 3.05) is 0 Å². The molecule has 1 heterocycles. The predicted octanol–water partition coefficient (Wildman–Crippen LogP) is 0.528. The first-order chi connectivity index (χ1) is 5.82. The maximum Gasteiger partial charge on any atom is 0.320 e. The van der Waals surface area contributed by atoms with E-state index in [1.807, 2.05) is 0 Å². The zero-order valence-corrected chi connectivity index (χ0v) is 9.34. The van der Waals surface area contributed by atoms with Gasteiger partial charge in [0.2, 0.25) is 0 Å². The van der Waals surface area contributed by atoms with E-state index in [9.17, 15) is 9.59 Å². The molecule has 1 rings (SSSR count). The van der Waals surface area contributed by atoms with Crippen molar-refractivity contribution in [3.63, 3.8) is 0 Å². The molecule has 0 amide bonds. The molecule has 0 spiro atoms. The third kappa shape index (κ3) is 1.98. The molecule has 0 fully saturated rings. The van der Waals surface area contributed by atoms with Gasteiger partial charge < -0.3 is 4.23 Å². The van der Waals surface area contributed by atoms with Crippen LogP contribution in [-0.2, 0) is 0 Å². The van der Waals surface area contributed by atoms with Gasteiger partial charge in [-0.2, -0.15) is 0 Å². The molecule has 0 bridgehead atoms. The first-order valence-corrected chi connectivity index (χ1v) is 7.60. The lowest BCUT2D eigenvalue weighted by atomic mass is 10.5. The van der Waals surface area contributed by atoms with Crippen molar-refractivity contribution < 1.29 is 0 Å². The third-order valence-electron chi connectivity index (χ3n) is 1.80. The quantitative estimate of drug-likeness (QED) is 0.669. The summed E-state index contributed by atoms with van der Waals surface area (Å²) in [5, 5.41) is 0. The molecule has 1 aromatic rings. The Morgan fingerprint density at radius 1 is 1.31 bits per heavy atom. The van der Waals surface area contributed by atoms with Crippen LogP contribution in [0.25, 0.3) is 0 Å². The Kier molecular flexibility index (Phi) is 2.29. The lowest BCUT2D eigenvalue weighted by molar-refractivity contribution is 0.896. The molecular weight excluding hydrogens is 184 g/mol. The minimum atomic E-state index is -1.71. The Hall–Kier alpha value is -1.10. The summed E-state index contributed by atoms with van der Waals surface area (Å²) in [5.74, 6) is 0. The summed E-state index contributed by atoms with van der Waals surface area (Å²) in [4.78, 5) is 24.7. The molecule has 0 aliphatic rings. The average molecular weight is 198 g/mol. The van der Waals surface area contributed by atoms with Crippen LogP contribution >= 0.6 is 0 Å². The number of aromatic nitrogens is 2. The van der Waals surface area contributed by atoms with Gasteiger partial charge in [-0.1, -0.05) is 19.6 Å². The zero-order valence-electron chi connectivity index (χ0n) is 8.34. The number of H-pyrrole nitrogens is 1. The number of rotatable bonds is 1. The minimum absolute atomic E-state index is 0.288. The van der Waals surface area contributed by atoms with Gasteiger partial charge in [-0.25, -0.2) is 4.79 Å². The highest BCUT2D eigenvalue weighted by Crippen LogP contribution is 2.03. The number of aromatic amines is 1. The van der Waals surface area contributed by atoms with Gasteiger partial charge in [0.1, 0.15) is 0 Å². The van der Waals surface area contributed by atoms with E-state index in [-0.39, 0.29) is 11.2 Å². The van der Waals surface area contributed by atoms with Gasteiger partial charge in [0, 0.05) is 11.8 Å². The van der Waals surface area contributed by atoms with Crippen LogP contribution in [0.5, 0.6) is 0 Å². The van der Waals surface area contributed by atoms with Gasteiger partial charge in [-0.15, -0.1) is 0 Å². The van der Waals surface area contributed by atoms with Crippen molar-refractivity contribution in [2.45, 2.75) is 26.6 Å². The largest absolute Gasteiger partial charge is 0.327 e. The van der Waals surface area contributed by atoms with E-state index >= 15 is 0 Å². The Labute approximate surface area is 77.3 Å². The second-order valence-electron chi connectivity index (χ2n) is 4.09. The van der Waals surface area contributed by atoms with Crippen LogP contribution in [0.1, 0.15) is 5.69 Å². The highest BCUT2D eigenvalue weighted by molar-refractivity contribution is 6.74. The molecule has 0 aliphatic carbocycles. The summed E-state index contributed by atoms with van der Waals surface area (Å²) in [6.45, 7) is 7.95. The summed E-state index contributed by atoms with van der Waals surface area (Å²) in [5.41, 5.74) is 0.133. The Morgan fingerprint density at radius 3 is 2.23 bits per heavy atom. The molecule has 4 nitrogen and oxygen atoms in total. The van der Waals surface area contributed by atoms with E-state index in [4.69, 9.17) is 0 Å². The third-order valence-corrected chi connectivity index (χ3v) is 3.69. The number of hydrogen-bond acceptors (Lipinski definition) is 2. The topological polar surface area (TPSA) is 54.9 Å². The van der Waals surface area contributed by atoms with Crippen molar-refractivity contribution in [1.29, 1.82) is 0 Å². The van der Waals surface area contributed by atoms with Crippen molar-refractivity contribution >= 4 is 8.24 Å². The normalized spacial score (nSPS) is 11.7. The van der Waals surface area contributed by atoms with Gasteiger partial charge in [0.25, 0.3) is 5.56 Å². The van der Waals surface area contributed by atoms with Gasteiger partial charge in [-0.3, -0.25) is 9.78 Å². The first-order valence-electron chi connectivity index (χ1n) is 4.16. The molecule has 13 heavy (non-hydrogen) atoms. The Morgan fingerprint density at radius 2 is 1.85 bits per heavy atom. The monoisotopic (exact) mass is 198 g/mol. The van der Waals surface area contributed by atoms with Crippen molar-refractivity contribution in [2.24, 2.45) is 0 Å². The predicted molar refractivity (Wildman–Crippen MR) is 54.8 cm³/mol. The molecule has 0 aliphatic heterocycles. The molecule has 72 valence electrons. The molecule has 0 saturated carbocycles. The smallest absolute Gasteiger partial charge is 0.320 e. The number of nitrogens with one attached hydrogen (secondary N) is 1. The van der Waals surface area contributed by atoms with Gasteiger partial charge in [0.15, 0.2) is 8.24 Å². The maximum absolute atomic E-state index is 11.4. The van der Waals surface area contributed by atoms with Crippen LogP contribution in [0.15, 0.2) is 15.7 Å². The van der Waals surface area contributed by atoms with Crippen molar-refractivity contribution in [3.8, 4) is 0 Å². The lowest BCUT2D eigenvalue weighted by Gasteiger charge is -2.21. The molecule has 0 atom stereocenters. The zero-order chi connectivity index (χ0) is 10.2. The standard InChI is InChI=1S/C8H14N2O2Si/c1-6-5-7(11)9-8(12)10(6)13(2,3)4/h5H,1-4H3,(H,9,11,12). The van der Waals surface area contributed by atoms with E-state index in [2.05, 4.69) is 24.6 Å². The second kappa shape index (κ2) is 2.99. The highest BCUT2D eigenvalue weighted by Gasteiger charge is 2.19. The number of hydrogen-bond donors (Lipinski definition) is 1. The molecule has 0 saturated heterocycles.